The van der Waals surface area contributed by atoms with Gasteiger partial charge in [-0.05, 0) is 31.0 Å². The summed E-state index contributed by atoms with van der Waals surface area (Å²) in [6.07, 6.45) is 3.71. The topological polar surface area (TPSA) is 104 Å². The first-order chi connectivity index (χ1) is 13.8. The van der Waals surface area contributed by atoms with E-state index in [1.54, 1.807) is 18.3 Å². The van der Waals surface area contributed by atoms with Gasteiger partial charge >= 0.3 is 6.03 Å². The van der Waals surface area contributed by atoms with Gasteiger partial charge in [0.15, 0.2) is 6.23 Å². The predicted molar refractivity (Wildman–Crippen MR) is 104 cm³/mol. The number of amides is 2. The van der Waals surface area contributed by atoms with Crippen LogP contribution in [0.4, 0.5) is 20.6 Å². The molecule has 1 aromatic heterocycles. The van der Waals surface area contributed by atoms with Crippen molar-refractivity contribution in [2.75, 3.05) is 24.2 Å². The second-order valence-electron chi connectivity index (χ2n) is 6.85. The number of urea groups is 1. The van der Waals surface area contributed by atoms with Gasteiger partial charge in [-0.2, -0.15) is 17.0 Å². The molecule has 0 saturated carbocycles. The van der Waals surface area contributed by atoms with E-state index in [-0.39, 0.29) is 17.5 Å². The monoisotopic (exact) mass is 421 g/mol. The number of aromatic nitrogens is 1. The molecule has 2 atom stereocenters. The number of nitrogens with zero attached hydrogens (tertiary/aromatic N) is 3. The van der Waals surface area contributed by atoms with Crippen LogP contribution in [0.15, 0.2) is 42.7 Å². The van der Waals surface area contributed by atoms with Crippen LogP contribution in [0.3, 0.4) is 0 Å². The molecule has 2 aliphatic heterocycles. The molecule has 2 aliphatic rings. The third kappa shape index (κ3) is 3.88. The maximum Gasteiger partial charge on any atom is 0.323 e. The number of pyridine rings is 1. The molecule has 1 unspecified atom stereocenters. The first kappa shape index (κ1) is 19.6. The fraction of sp³-hybridized carbons (Fsp3) is 0.333. The highest BCUT2D eigenvalue weighted by atomic mass is 32.2. The predicted octanol–water partition coefficient (Wildman–Crippen LogP) is 2.22. The van der Waals surface area contributed by atoms with Crippen molar-refractivity contribution in [3.8, 4) is 5.75 Å². The number of fused-ring (bicyclic) bond motifs is 1. The summed E-state index contributed by atoms with van der Waals surface area (Å²) >= 11 is 0. The summed E-state index contributed by atoms with van der Waals surface area (Å²) in [6.45, 7) is 0.446. The fourth-order valence-electron chi connectivity index (χ4n) is 3.60. The number of benzene rings is 1. The normalized spacial score (nSPS) is 23.5. The number of hydrogen-bond donors (Lipinski definition) is 2. The minimum Gasteiger partial charge on any atom is -0.472 e. The Balaban J connectivity index is 1.49. The lowest BCUT2D eigenvalue weighted by Crippen LogP contribution is -2.38. The lowest BCUT2D eigenvalue weighted by Gasteiger charge is -2.22. The molecule has 2 aromatic rings. The number of carbonyl (C=O) groups is 1. The molecule has 0 bridgehead atoms. The second-order valence-corrected chi connectivity index (χ2v) is 8.79. The van der Waals surface area contributed by atoms with E-state index in [1.165, 1.54) is 23.6 Å². The van der Waals surface area contributed by atoms with Crippen molar-refractivity contribution in [2.45, 2.75) is 25.1 Å². The molecule has 11 heteroatoms. The number of carbonyl (C=O) groups excluding carboxylic acids is 1. The molecule has 154 valence electrons. The number of ether oxygens (including phenoxy) is 1. The fourth-order valence-corrected chi connectivity index (χ4v) is 5.29. The Labute approximate surface area is 167 Å². The van der Waals surface area contributed by atoms with E-state index in [0.29, 0.717) is 18.7 Å². The largest absolute Gasteiger partial charge is 0.472 e. The molecule has 2 saturated heterocycles. The van der Waals surface area contributed by atoms with Gasteiger partial charge in [0.2, 0.25) is 0 Å². The van der Waals surface area contributed by atoms with E-state index in [2.05, 4.69) is 15.6 Å². The number of likely N-dealkylation sites (N-methyl/N-ethyl adjacent to an activating group) is 1. The van der Waals surface area contributed by atoms with Gasteiger partial charge in [0.25, 0.3) is 10.2 Å². The number of halogens is 1. The Hall–Kier alpha value is -2.76. The van der Waals surface area contributed by atoms with Gasteiger partial charge in [0.1, 0.15) is 11.6 Å². The lowest BCUT2D eigenvalue weighted by atomic mass is 10.2. The Morgan fingerprint density at radius 2 is 2.07 bits per heavy atom. The number of anilines is 2. The highest BCUT2D eigenvalue weighted by molar-refractivity contribution is 7.87. The number of nitrogens with one attached hydrogen (secondary N) is 2. The maximum absolute atomic E-state index is 14.1. The highest BCUT2D eigenvalue weighted by Crippen LogP contribution is 2.36. The molecule has 2 N–H and O–H groups in total. The zero-order valence-electron chi connectivity index (χ0n) is 15.6. The maximum atomic E-state index is 14.1. The van der Waals surface area contributed by atoms with E-state index in [9.17, 15) is 17.6 Å². The zero-order chi connectivity index (χ0) is 20.6. The van der Waals surface area contributed by atoms with Crippen LogP contribution in [0.2, 0.25) is 0 Å². The SMILES string of the molecule is CN1C(Oc2cc(F)cc(NC(=O)Nc3cccnc3)c2)[C@H]2CCCN2S1(=O)=O. The average Bonchev–Trinajstić information content (AvgIpc) is 3.21. The van der Waals surface area contributed by atoms with E-state index in [4.69, 9.17) is 4.74 Å². The van der Waals surface area contributed by atoms with Crippen LogP contribution in [-0.2, 0) is 10.2 Å². The molecule has 1 aromatic carbocycles. The molecule has 2 fully saturated rings. The quantitative estimate of drug-likeness (QED) is 0.788. The Kier molecular flexibility index (Phi) is 5.11. The van der Waals surface area contributed by atoms with Crippen molar-refractivity contribution in [3.63, 3.8) is 0 Å². The molecule has 3 heterocycles. The first-order valence-corrected chi connectivity index (χ1v) is 10.4. The Bertz CT molecular complexity index is 1020. The summed E-state index contributed by atoms with van der Waals surface area (Å²) in [7, 11) is -2.14. The number of rotatable bonds is 4. The molecule has 0 aliphatic carbocycles. The Morgan fingerprint density at radius 3 is 2.83 bits per heavy atom. The van der Waals surface area contributed by atoms with Crippen molar-refractivity contribution in [3.05, 3.63) is 48.5 Å². The van der Waals surface area contributed by atoms with Crippen LogP contribution in [-0.4, -0.2) is 53.9 Å². The van der Waals surface area contributed by atoms with E-state index in [0.717, 1.165) is 22.9 Å². The molecule has 0 spiro atoms. The highest BCUT2D eigenvalue weighted by Gasteiger charge is 2.53. The average molecular weight is 421 g/mol. The van der Waals surface area contributed by atoms with Crippen molar-refractivity contribution >= 4 is 27.6 Å². The molecule has 29 heavy (non-hydrogen) atoms. The van der Waals surface area contributed by atoms with Crippen molar-refractivity contribution < 1.29 is 22.3 Å². The molecular formula is C18H20FN5O4S. The van der Waals surface area contributed by atoms with Crippen LogP contribution in [0, 0.1) is 5.82 Å². The number of hydrogen-bond acceptors (Lipinski definition) is 5. The van der Waals surface area contributed by atoms with E-state index in [1.807, 2.05) is 0 Å². The van der Waals surface area contributed by atoms with Crippen LogP contribution < -0.4 is 15.4 Å². The molecule has 0 radical (unpaired) electrons. The smallest absolute Gasteiger partial charge is 0.323 e. The van der Waals surface area contributed by atoms with Gasteiger partial charge in [-0.3, -0.25) is 4.98 Å². The van der Waals surface area contributed by atoms with E-state index < -0.39 is 28.3 Å². The van der Waals surface area contributed by atoms with Gasteiger partial charge < -0.3 is 15.4 Å². The summed E-state index contributed by atoms with van der Waals surface area (Å²) in [6, 6.07) is 6.19. The Morgan fingerprint density at radius 1 is 1.28 bits per heavy atom. The van der Waals surface area contributed by atoms with Crippen molar-refractivity contribution in [1.82, 2.24) is 13.6 Å². The van der Waals surface area contributed by atoms with Gasteiger partial charge in [0.05, 0.1) is 17.9 Å². The molecule has 4 rings (SSSR count). The van der Waals surface area contributed by atoms with Gasteiger partial charge in [0, 0.05) is 37.6 Å². The van der Waals surface area contributed by atoms with Crippen molar-refractivity contribution in [1.29, 1.82) is 0 Å². The van der Waals surface area contributed by atoms with Crippen LogP contribution in [0.25, 0.3) is 0 Å². The summed E-state index contributed by atoms with van der Waals surface area (Å²) in [5.41, 5.74) is 0.658. The van der Waals surface area contributed by atoms with Crippen LogP contribution in [0.1, 0.15) is 12.8 Å². The lowest BCUT2D eigenvalue weighted by molar-refractivity contribution is 0.0809. The van der Waals surface area contributed by atoms with Crippen LogP contribution in [0.5, 0.6) is 5.75 Å². The summed E-state index contributed by atoms with van der Waals surface area (Å²) < 4.78 is 47.4. The first-order valence-electron chi connectivity index (χ1n) is 9.05. The zero-order valence-corrected chi connectivity index (χ0v) is 16.4. The minimum atomic E-state index is -3.58. The van der Waals surface area contributed by atoms with Gasteiger partial charge in [-0.1, -0.05) is 0 Å². The molecular weight excluding hydrogens is 401 g/mol. The summed E-state index contributed by atoms with van der Waals surface area (Å²) in [4.78, 5) is 16.0. The second kappa shape index (κ2) is 7.58. The van der Waals surface area contributed by atoms with Gasteiger partial charge in [-0.15, -0.1) is 0 Å². The molecule has 9 nitrogen and oxygen atoms in total. The third-order valence-electron chi connectivity index (χ3n) is 4.90. The standard InChI is InChI=1S/C18H20FN5O4S/c1-23-17(16-5-3-7-24(16)29(23,26)27)28-15-9-12(19)8-14(10-15)22-18(25)21-13-4-2-6-20-11-13/h2,4,6,8-11,16-17H,3,5,7H2,1H3,(H2,21,22,25)/t16-,17?/m1/s1. The third-order valence-corrected chi connectivity index (χ3v) is 6.88. The molecule has 2 amide bonds. The van der Waals surface area contributed by atoms with Gasteiger partial charge in [-0.25, -0.2) is 9.18 Å². The van der Waals surface area contributed by atoms with E-state index >= 15 is 0 Å². The summed E-state index contributed by atoms with van der Waals surface area (Å²) in [5.74, 6) is -0.492. The summed E-state index contributed by atoms with van der Waals surface area (Å²) in [5, 5.41) is 5.11. The minimum absolute atomic E-state index is 0.127. The van der Waals surface area contributed by atoms with Crippen molar-refractivity contribution in [2.24, 2.45) is 0 Å². The van der Waals surface area contributed by atoms with Crippen LogP contribution >= 0.6 is 0 Å².